The summed E-state index contributed by atoms with van der Waals surface area (Å²) in [6, 6.07) is 6.60. The second kappa shape index (κ2) is 4.74. The van der Waals surface area contributed by atoms with Crippen LogP contribution in [0.5, 0.6) is 0 Å². The summed E-state index contributed by atoms with van der Waals surface area (Å²) in [5.41, 5.74) is 0.749. The quantitative estimate of drug-likeness (QED) is 0.544. The first-order valence-corrected chi connectivity index (χ1v) is 8.37. The Morgan fingerprint density at radius 2 is 2.04 bits per heavy atom. The largest absolute Gasteiger partial charge is 0.325 e. The molecule has 116 valence electrons. The standard InChI is InChI=1S/C13H9ClN6O2S/c1-19-5-4-15-13(19)23(21,22)11-6-8-2-3-9(14)7-10(8)20-12(11)16-17-18-20/h2-7H,1H3. The molecule has 0 radical (unpaired) electrons. The van der Waals surface area contributed by atoms with Crippen LogP contribution < -0.4 is 0 Å². The molecule has 0 spiro atoms. The maximum absolute atomic E-state index is 12.9. The van der Waals surface area contributed by atoms with Gasteiger partial charge in [-0.05, 0) is 28.6 Å². The van der Waals surface area contributed by atoms with E-state index < -0.39 is 9.84 Å². The van der Waals surface area contributed by atoms with Crippen molar-refractivity contribution in [3.05, 3.63) is 41.7 Å². The summed E-state index contributed by atoms with van der Waals surface area (Å²) < 4.78 is 28.6. The van der Waals surface area contributed by atoms with E-state index in [0.717, 1.165) is 0 Å². The smallest absolute Gasteiger partial charge is 0.243 e. The Balaban J connectivity index is 2.13. The van der Waals surface area contributed by atoms with Crippen LogP contribution in [0, 0.1) is 0 Å². The molecule has 0 unspecified atom stereocenters. The lowest BCUT2D eigenvalue weighted by molar-refractivity contribution is 0.579. The normalized spacial score (nSPS) is 12.3. The van der Waals surface area contributed by atoms with Gasteiger partial charge in [-0.25, -0.2) is 13.4 Å². The van der Waals surface area contributed by atoms with Crippen molar-refractivity contribution in [3.8, 4) is 0 Å². The van der Waals surface area contributed by atoms with E-state index >= 15 is 0 Å². The lowest BCUT2D eigenvalue weighted by atomic mass is 10.2. The molecule has 0 amide bonds. The molecule has 1 aromatic carbocycles. The highest BCUT2D eigenvalue weighted by Gasteiger charge is 2.27. The average molecular weight is 349 g/mol. The van der Waals surface area contributed by atoms with E-state index in [2.05, 4.69) is 20.5 Å². The number of aryl methyl sites for hydroxylation is 1. The van der Waals surface area contributed by atoms with Crippen LogP contribution in [-0.4, -0.2) is 38.0 Å². The third-order valence-electron chi connectivity index (χ3n) is 3.50. The Bertz CT molecular complexity index is 1160. The molecule has 0 atom stereocenters. The number of halogens is 1. The van der Waals surface area contributed by atoms with Gasteiger partial charge in [0.25, 0.3) is 0 Å². The van der Waals surface area contributed by atoms with Crippen LogP contribution >= 0.6 is 11.6 Å². The zero-order valence-corrected chi connectivity index (χ0v) is 13.3. The molecule has 0 bridgehead atoms. The highest BCUT2D eigenvalue weighted by atomic mass is 35.5. The summed E-state index contributed by atoms with van der Waals surface area (Å²) >= 11 is 6.00. The molecule has 0 aliphatic carbocycles. The molecule has 0 aliphatic heterocycles. The fourth-order valence-corrected chi connectivity index (χ4v) is 4.09. The number of pyridine rings is 1. The van der Waals surface area contributed by atoms with Gasteiger partial charge in [0.1, 0.15) is 4.90 Å². The predicted molar refractivity (Wildman–Crippen MR) is 82.0 cm³/mol. The van der Waals surface area contributed by atoms with Gasteiger partial charge in [0, 0.05) is 29.9 Å². The number of hydrogen-bond donors (Lipinski definition) is 0. The Kier molecular flexibility index (Phi) is 2.90. The van der Waals surface area contributed by atoms with Crippen molar-refractivity contribution < 1.29 is 8.42 Å². The van der Waals surface area contributed by atoms with E-state index in [1.807, 2.05) is 0 Å². The van der Waals surface area contributed by atoms with Crippen LogP contribution in [0.3, 0.4) is 0 Å². The molecule has 8 nitrogen and oxygen atoms in total. The van der Waals surface area contributed by atoms with Gasteiger partial charge in [0.05, 0.1) is 5.52 Å². The molecule has 0 aliphatic rings. The Labute approximate surface area is 135 Å². The lowest BCUT2D eigenvalue weighted by Crippen LogP contribution is -2.11. The van der Waals surface area contributed by atoms with Crippen molar-refractivity contribution in [2.75, 3.05) is 0 Å². The SMILES string of the molecule is Cn1ccnc1S(=O)(=O)c1cc2ccc(Cl)cc2n2nnnc12. The molecule has 0 saturated carbocycles. The highest BCUT2D eigenvalue weighted by molar-refractivity contribution is 7.91. The number of rotatable bonds is 2. The van der Waals surface area contributed by atoms with Crippen molar-refractivity contribution in [1.29, 1.82) is 0 Å². The summed E-state index contributed by atoms with van der Waals surface area (Å²) in [5.74, 6) is 0. The van der Waals surface area contributed by atoms with Crippen LogP contribution in [0.1, 0.15) is 0 Å². The van der Waals surface area contributed by atoms with E-state index in [1.54, 1.807) is 31.4 Å². The molecular weight excluding hydrogens is 340 g/mol. The molecular formula is C13H9ClN6O2S. The molecule has 0 fully saturated rings. The Morgan fingerprint density at radius 1 is 1.22 bits per heavy atom. The molecule has 23 heavy (non-hydrogen) atoms. The fraction of sp³-hybridized carbons (Fsp3) is 0.0769. The molecule has 4 aromatic rings. The van der Waals surface area contributed by atoms with Gasteiger partial charge in [-0.2, -0.15) is 4.52 Å². The number of benzene rings is 1. The molecule has 10 heteroatoms. The van der Waals surface area contributed by atoms with Crippen molar-refractivity contribution in [3.63, 3.8) is 0 Å². The average Bonchev–Trinajstić information content (AvgIpc) is 3.15. The number of imidazole rings is 1. The third kappa shape index (κ3) is 2.01. The predicted octanol–water partition coefficient (Wildman–Crippen LogP) is 1.50. The van der Waals surface area contributed by atoms with Crippen molar-refractivity contribution in [1.82, 2.24) is 29.6 Å². The molecule has 3 aromatic heterocycles. The minimum Gasteiger partial charge on any atom is -0.325 e. The first-order valence-electron chi connectivity index (χ1n) is 6.51. The van der Waals surface area contributed by atoms with Gasteiger partial charge >= 0.3 is 0 Å². The minimum atomic E-state index is -3.87. The summed E-state index contributed by atoms with van der Waals surface area (Å²) in [7, 11) is -2.26. The van der Waals surface area contributed by atoms with Crippen LogP contribution in [0.15, 0.2) is 46.7 Å². The van der Waals surface area contributed by atoms with E-state index in [-0.39, 0.29) is 15.7 Å². The van der Waals surface area contributed by atoms with Crippen LogP contribution in [0.2, 0.25) is 5.02 Å². The second-order valence-corrected chi connectivity index (χ2v) is 7.20. The van der Waals surface area contributed by atoms with Gasteiger partial charge < -0.3 is 4.57 Å². The second-order valence-electron chi connectivity index (χ2n) is 4.95. The fourth-order valence-electron chi connectivity index (χ4n) is 2.44. The van der Waals surface area contributed by atoms with Gasteiger partial charge in [-0.15, -0.1) is 5.10 Å². The van der Waals surface area contributed by atoms with Crippen LogP contribution in [-0.2, 0) is 16.9 Å². The summed E-state index contributed by atoms with van der Waals surface area (Å²) in [5, 5.41) is 12.4. The number of fused-ring (bicyclic) bond motifs is 3. The van der Waals surface area contributed by atoms with Gasteiger partial charge in [0.2, 0.25) is 15.0 Å². The number of sulfone groups is 1. The van der Waals surface area contributed by atoms with Crippen molar-refractivity contribution in [2.24, 2.45) is 7.05 Å². The van der Waals surface area contributed by atoms with E-state index in [0.29, 0.717) is 15.9 Å². The molecule has 0 N–H and O–H groups in total. The summed E-state index contributed by atoms with van der Waals surface area (Å²) in [6.45, 7) is 0. The summed E-state index contributed by atoms with van der Waals surface area (Å²) in [6.07, 6.45) is 2.99. The van der Waals surface area contributed by atoms with E-state index in [1.165, 1.54) is 21.3 Å². The maximum atomic E-state index is 12.9. The van der Waals surface area contributed by atoms with Gasteiger partial charge in [0.15, 0.2) is 5.65 Å². The first-order chi connectivity index (χ1) is 11.0. The number of aromatic nitrogens is 6. The van der Waals surface area contributed by atoms with Gasteiger partial charge in [-0.1, -0.05) is 17.7 Å². The van der Waals surface area contributed by atoms with Crippen LogP contribution in [0.25, 0.3) is 16.6 Å². The monoisotopic (exact) mass is 348 g/mol. The third-order valence-corrected chi connectivity index (χ3v) is 5.49. The highest BCUT2D eigenvalue weighted by Crippen LogP contribution is 2.28. The lowest BCUT2D eigenvalue weighted by Gasteiger charge is -2.08. The maximum Gasteiger partial charge on any atom is 0.243 e. The number of nitrogens with zero attached hydrogens (tertiary/aromatic N) is 6. The zero-order chi connectivity index (χ0) is 16.2. The van der Waals surface area contributed by atoms with Crippen molar-refractivity contribution in [2.45, 2.75) is 10.1 Å². The topological polar surface area (TPSA) is 95.0 Å². The van der Waals surface area contributed by atoms with Crippen molar-refractivity contribution >= 4 is 38.0 Å². The van der Waals surface area contributed by atoms with E-state index in [9.17, 15) is 8.42 Å². The van der Waals surface area contributed by atoms with Gasteiger partial charge in [-0.3, -0.25) is 0 Å². The minimum absolute atomic E-state index is 0.00776. The zero-order valence-electron chi connectivity index (χ0n) is 11.8. The first kappa shape index (κ1) is 14.1. The number of tetrazole rings is 1. The number of hydrogen-bond acceptors (Lipinski definition) is 6. The molecule has 3 heterocycles. The van der Waals surface area contributed by atoms with E-state index in [4.69, 9.17) is 11.6 Å². The molecule has 4 rings (SSSR count). The van der Waals surface area contributed by atoms with Crippen LogP contribution in [0.4, 0.5) is 0 Å². The Hall–Kier alpha value is -2.52. The Morgan fingerprint density at radius 3 is 2.78 bits per heavy atom. The molecule has 0 saturated heterocycles. The summed E-state index contributed by atoms with van der Waals surface area (Å²) in [4.78, 5) is 3.92.